The number of hydrogen-bond acceptors (Lipinski definition) is 4. The molecule has 2 saturated heterocycles. The highest BCUT2D eigenvalue weighted by molar-refractivity contribution is 4.89. The van der Waals surface area contributed by atoms with E-state index in [1.165, 1.54) is 12.8 Å². The topological polar surface area (TPSA) is 24.9 Å². The number of hydrogen-bond donors (Lipinski definition) is 0. The summed E-state index contributed by atoms with van der Waals surface area (Å²) in [7, 11) is 2.17. The normalized spacial score (nSPS) is 29.0. The zero-order valence-corrected chi connectivity index (χ0v) is 17.9. The lowest BCUT2D eigenvalue weighted by molar-refractivity contribution is -0.0550. The predicted octanol–water partition coefficient (Wildman–Crippen LogP) is 3.74. The molecule has 1 unspecified atom stereocenters. The second kappa shape index (κ2) is 9.31. The lowest BCUT2D eigenvalue weighted by Gasteiger charge is -2.31. The predicted molar refractivity (Wildman–Crippen MR) is 105 cm³/mol. The Labute approximate surface area is 160 Å². The zero-order valence-electron chi connectivity index (χ0n) is 17.9. The molecule has 3 atom stereocenters. The maximum atomic E-state index is 14.5. The third-order valence-electron chi connectivity index (χ3n) is 5.68. The molecule has 0 amide bonds. The minimum Gasteiger partial charge on any atom is -0.376 e. The summed E-state index contributed by atoms with van der Waals surface area (Å²) < 4.78 is 26.5. The summed E-state index contributed by atoms with van der Waals surface area (Å²) in [5, 5.41) is 0. The third-order valence-corrected chi connectivity index (χ3v) is 5.68. The molecule has 2 rings (SSSR count). The van der Waals surface area contributed by atoms with E-state index < -0.39 is 6.17 Å². The zero-order chi connectivity index (χ0) is 19.4. The number of likely N-dealkylation sites (tertiary alicyclic amines) is 2. The number of nitrogens with zero attached hydrogens (tertiary/aromatic N) is 2. The summed E-state index contributed by atoms with van der Waals surface area (Å²) >= 11 is 0. The highest BCUT2D eigenvalue weighted by Crippen LogP contribution is 2.31. The largest absolute Gasteiger partial charge is 0.376 e. The number of likely N-dealkylation sites (N-methyl/N-ethyl adjacent to an activating group) is 1. The number of halogens is 1. The van der Waals surface area contributed by atoms with Crippen LogP contribution in [0.4, 0.5) is 4.39 Å². The summed E-state index contributed by atoms with van der Waals surface area (Å²) in [4.78, 5) is 4.63. The van der Waals surface area contributed by atoms with Crippen LogP contribution in [0.5, 0.6) is 0 Å². The molecule has 0 saturated carbocycles. The van der Waals surface area contributed by atoms with Crippen LogP contribution in [0.3, 0.4) is 0 Å². The minimum absolute atomic E-state index is 0.0786. The van der Waals surface area contributed by atoms with Crippen molar-refractivity contribution in [3.8, 4) is 0 Å². The highest BCUT2D eigenvalue weighted by atomic mass is 19.1. The molecule has 2 heterocycles. The smallest absolute Gasteiger partial charge is 0.117 e. The van der Waals surface area contributed by atoms with Gasteiger partial charge in [-0.05, 0) is 73.9 Å². The maximum absolute atomic E-state index is 14.5. The standard InChI is InChI=1S/C21H41FN2O2/c1-20(2,3)25-12-8-11-24-14-17(19(22)15-24)13-21(4,5)26-16-18-9-7-10-23(18)6/h17-19H,7-16H2,1-6H3/t17?,18-,19+/m0/s1. The van der Waals surface area contributed by atoms with E-state index in [-0.39, 0.29) is 17.1 Å². The lowest BCUT2D eigenvalue weighted by atomic mass is 9.91. The van der Waals surface area contributed by atoms with Crippen molar-refractivity contribution in [3.05, 3.63) is 0 Å². The van der Waals surface area contributed by atoms with Gasteiger partial charge in [0.2, 0.25) is 0 Å². The van der Waals surface area contributed by atoms with Gasteiger partial charge in [-0.25, -0.2) is 4.39 Å². The van der Waals surface area contributed by atoms with Crippen LogP contribution in [0.1, 0.15) is 60.3 Å². The quantitative estimate of drug-likeness (QED) is 0.576. The molecule has 0 aromatic rings. The molecule has 0 bridgehead atoms. The number of rotatable bonds is 9. The van der Waals surface area contributed by atoms with Crippen molar-refractivity contribution in [2.45, 2.75) is 83.7 Å². The number of alkyl halides is 1. The first-order valence-electron chi connectivity index (χ1n) is 10.4. The fraction of sp³-hybridized carbons (Fsp3) is 1.00. The maximum Gasteiger partial charge on any atom is 0.117 e. The molecule has 2 aliphatic rings. The molecule has 0 N–H and O–H groups in total. The molecule has 0 radical (unpaired) electrons. The minimum atomic E-state index is -0.740. The molecule has 0 aliphatic carbocycles. The van der Waals surface area contributed by atoms with Gasteiger partial charge in [-0.1, -0.05) is 0 Å². The van der Waals surface area contributed by atoms with Gasteiger partial charge in [0.1, 0.15) is 6.17 Å². The van der Waals surface area contributed by atoms with Crippen LogP contribution < -0.4 is 0 Å². The van der Waals surface area contributed by atoms with Crippen LogP contribution >= 0.6 is 0 Å². The highest BCUT2D eigenvalue weighted by Gasteiger charge is 2.37. The summed E-state index contributed by atoms with van der Waals surface area (Å²) in [6, 6.07) is 0.526. The SMILES string of the molecule is CN1CCC[C@H]1COC(C)(C)CC1CN(CCCOC(C)(C)C)C[C@H]1F. The molecule has 5 heteroatoms. The van der Waals surface area contributed by atoms with Crippen molar-refractivity contribution >= 4 is 0 Å². The molecule has 0 spiro atoms. The van der Waals surface area contributed by atoms with Gasteiger partial charge < -0.3 is 14.4 Å². The van der Waals surface area contributed by atoms with Gasteiger partial charge >= 0.3 is 0 Å². The second-order valence-electron chi connectivity index (χ2n) is 9.90. The van der Waals surface area contributed by atoms with Crippen LogP contribution in [0, 0.1) is 5.92 Å². The van der Waals surface area contributed by atoms with Crippen LogP contribution in [-0.4, -0.2) is 79.7 Å². The molecular formula is C21H41FN2O2. The van der Waals surface area contributed by atoms with E-state index in [0.717, 1.165) is 45.7 Å². The van der Waals surface area contributed by atoms with Gasteiger partial charge in [0.15, 0.2) is 0 Å². The Balaban J connectivity index is 1.69. The van der Waals surface area contributed by atoms with E-state index in [9.17, 15) is 4.39 Å². The van der Waals surface area contributed by atoms with Gasteiger partial charge in [0.05, 0.1) is 17.8 Å². The van der Waals surface area contributed by atoms with E-state index in [1.54, 1.807) is 0 Å². The fourth-order valence-electron chi connectivity index (χ4n) is 4.16. The third kappa shape index (κ3) is 7.41. The monoisotopic (exact) mass is 372 g/mol. The van der Waals surface area contributed by atoms with E-state index in [1.807, 2.05) is 0 Å². The average molecular weight is 373 g/mol. The first kappa shape index (κ1) is 22.1. The van der Waals surface area contributed by atoms with E-state index in [4.69, 9.17) is 9.47 Å². The van der Waals surface area contributed by atoms with Crippen molar-refractivity contribution in [1.82, 2.24) is 9.80 Å². The Bertz CT molecular complexity index is 425. The Morgan fingerprint density at radius 3 is 2.42 bits per heavy atom. The van der Waals surface area contributed by atoms with E-state index in [0.29, 0.717) is 12.6 Å². The van der Waals surface area contributed by atoms with Crippen molar-refractivity contribution in [2.75, 3.05) is 46.4 Å². The Hall–Kier alpha value is -0.230. The molecule has 2 fully saturated rings. The van der Waals surface area contributed by atoms with Gasteiger partial charge in [-0.2, -0.15) is 0 Å². The Kier molecular flexibility index (Phi) is 7.90. The van der Waals surface area contributed by atoms with Crippen LogP contribution in [-0.2, 0) is 9.47 Å². The second-order valence-corrected chi connectivity index (χ2v) is 9.90. The fourth-order valence-corrected chi connectivity index (χ4v) is 4.16. The van der Waals surface area contributed by atoms with Crippen molar-refractivity contribution in [2.24, 2.45) is 5.92 Å². The first-order chi connectivity index (χ1) is 12.1. The van der Waals surface area contributed by atoms with Crippen LogP contribution in [0.2, 0.25) is 0 Å². The van der Waals surface area contributed by atoms with E-state index in [2.05, 4.69) is 51.5 Å². The van der Waals surface area contributed by atoms with Gasteiger partial charge in [0, 0.05) is 38.2 Å². The lowest BCUT2D eigenvalue weighted by Crippen LogP contribution is -2.37. The van der Waals surface area contributed by atoms with Crippen molar-refractivity contribution in [3.63, 3.8) is 0 Å². The van der Waals surface area contributed by atoms with Gasteiger partial charge in [-0.15, -0.1) is 0 Å². The summed E-state index contributed by atoms with van der Waals surface area (Å²) in [6.45, 7) is 15.4. The van der Waals surface area contributed by atoms with Crippen molar-refractivity contribution in [1.29, 1.82) is 0 Å². The summed E-state index contributed by atoms with van der Waals surface area (Å²) in [5.74, 6) is 0.0786. The Morgan fingerprint density at radius 2 is 1.81 bits per heavy atom. The molecule has 154 valence electrons. The first-order valence-corrected chi connectivity index (χ1v) is 10.4. The van der Waals surface area contributed by atoms with Gasteiger partial charge in [0.25, 0.3) is 0 Å². The summed E-state index contributed by atoms with van der Waals surface area (Å²) in [6.07, 6.45) is 3.49. The Morgan fingerprint density at radius 1 is 1.08 bits per heavy atom. The molecule has 0 aromatic carbocycles. The van der Waals surface area contributed by atoms with Crippen LogP contribution in [0.15, 0.2) is 0 Å². The molecular weight excluding hydrogens is 331 g/mol. The number of ether oxygens (including phenoxy) is 2. The van der Waals surface area contributed by atoms with Crippen molar-refractivity contribution < 1.29 is 13.9 Å². The van der Waals surface area contributed by atoms with Crippen LogP contribution in [0.25, 0.3) is 0 Å². The van der Waals surface area contributed by atoms with Gasteiger partial charge in [-0.3, -0.25) is 4.90 Å². The average Bonchev–Trinajstić information content (AvgIpc) is 3.07. The molecule has 4 nitrogen and oxygen atoms in total. The molecule has 2 aliphatic heterocycles. The molecule has 0 aromatic heterocycles. The molecule has 26 heavy (non-hydrogen) atoms. The summed E-state index contributed by atoms with van der Waals surface area (Å²) in [5.41, 5.74) is -0.352. The van der Waals surface area contributed by atoms with E-state index >= 15 is 0 Å².